The largest absolute Gasteiger partial charge is 0.375 e. The highest BCUT2D eigenvalue weighted by atomic mass is 16.5. The standard InChI is InChI=1S/C16H23N3O3/c1-3-13-15(20)17-9-10-19(13)16(21)18-11-14(22-2)12-7-5-4-6-8-12/h4-8,13-14H,3,9-11H2,1-2H3,(H,17,20)(H,18,21)/t13-,14-/m1/s1. The SMILES string of the molecule is CC[C@@H]1C(=O)NCCN1C(=O)NC[C@@H](OC)c1ccccc1. The minimum atomic E-state index is -0.397. The van der Waals surface area contributed by atoms with Crippen molar-refractivity contribution in [2.75, 3.05) is 26.7 Å². The highest BCUT2D eigenvalue weighted by Gasteiger charge is 2.31. The summed E-state index contributed by atoms with van der Waals surface area (Å²) in [7, 11) is 1.62. The lowest BCUT2D eigenvalue weighted by Crippen LogP contribution is -2.59. The number of nitrogens with zero attached hydrogens (tertiary/aromatic N) is 1. The molecule has 0 aromatic heterocycles. The summed E-state index contributed by atoms with van der Waals surface area (Å²) in [6.45, 7) is 3.29. The number of ether oxygens (including phenoxy) is 1. The highest BCUT2D eigenvalue weighted by molar-refractivity contribution is 5.88. The minimum Gasteiger partial charge on any atom is -0.375 e. The van der Waals surface area contributed by atoms with Crippen LogP contribution in [0.5, 0.6) is 0 Å². The molecular weight excluding hydrogens is 282 g/mol. The molecule has 0 unspecified atom stereocenters. The van der Waals surface area contributed by atoms with Gasteiger partial charge < -0.3 is 20.3 Å². The summed E-state index contributed by atoms with van der Waals surface area (Å²) < 4.78 is 5.44. The Bertz CT molecular complexity index is 507. The molecule has 0 radical (unpaired) electrons. The molecule has 0 saturated carbocycles. The lowest BCUT2D eigenvalue weighted by Gasteiger charge is -2.34. The molecule has 1 fully saturated rings. The van der Waals surface area contributed by atoms with Crippen LogP contribution >= 0.6 is 0 Å². The van der Waals surface area contributed by atoms with Crippen LogP contribution in [0.1, 0.15) is 25.0 Å². The molecule has 0 spiro atoms. The van der Waals surface area contributed by atoms with Crippen LogP contribution in [-0.2, 0) is 9.53 Å². The third kappa shape index (κ3) is 3.76. The first-order valence-corrected chi connectivity index (χ1v) is 7.57. The van der Waals surface area contributed by atoms with Gasteiger partial charge in [-0.25, -0.2) is 4.79 Å². The smallest absolute Gasteiger partial charge is 0.318 e. The average molecular weight is 305 g/mol. The molecule has 1 aliphatic heterocycles. The molecule has 1 saturated heterocycles. The lowest BCUT2D eigenvalue weighted by molar-refractivity contribution is -0.127. The van der Waals surface area contributed by atoms with Crippen molar-refractivity contribution >= 4 is 11.9 Å². The number of carbonyl (C=O) groups is 2. The Hall–Kier alpha value is -2.08. The second kappa shape index (κ2) is 7.79. The van der Waals surface area contributed by atoms with Crippen molar-refractivity contribution in [3.63, 3.8) is 0 Å². The summed E-state index contributed by atoms with van der Waals surface area (Å²) in [4.78, 5) is 25.7. The van der Waals surface area contributed by atoms with Gasteiger partial charge in [-0.1, -0.05) is 37.3 Å². The summed E-state index contributed by atoms with van der Waals surface area (Å²) in [6, 6.07) is 9.11. The normalized spacial score (nSPS) is 19.5. The van der Waals surface area contributed by atoms with Gasteiger partial charge in [0, 0.05) is 26.7 Å². The molecule has 2 rings (SSSR count). The van der Waals surface area contributed by atoms with Crippen LogP contribution in [0.25, 0.3) is 0 Å². The molecule has 22 heavy (non-hydrogen) atoms. The van der Waals surface area contributed by atoms with E-state index >= 15 is 0 Å². The number of amides is 3. The minimum absolute atomic E-state index is 0.0877. The molecule has 120 valence electrons. The third-order valence-corrected chi connectivity index (χ3v) is 3.87. The van der Waals surface area contributed by atoms with E-state index in [0.29, 0.717) is 26.1 Å². The van der Waals surface area contributed by atoms with E-state index in [1.165, 1.54) is 0 Å². The van der Waals surface area contributed by atoms with Crippen molar-refractivity contribution in [1.82, 2.24) is 15.5 Å². The number of hydrogen-bond donors (Lipinski definition) is 2. The zero-order chi connectivity index (χ0) is 15.9. The molecule has 1 aromatic rings. The van der Waals surface area contributed by atoms with Gasteiger partial charge in [0.15, 0.2) is 0 Å². The second-order valence-electron chi connectivity index (χ2n) is 5.23. The number of carbonyl (C=O) groups excluding carboxylic acids is 2. The maximum absolute atomic E-state index is 12.3. The first-order valence-electron chi connectivity index (χ1n) is 7.57. The summed E-state index contributed by atoms with van der Waals surface area (Å²) in [5.41, 5.74) is 1.01. The lowest BCUT2D eigenvalue weighted by atomic mass is 10.1. The quantitative estimate of drug-likeness (QED) is 0.861. The topological polar surface area (TPSA) is 70.7 Å². The number of piperazine rings is 1. The van der Waals surface area contributed by atoms with Crippen LogP contribution in [0, 0.1) is 0 Å². The highest BCUT2D eigenvalue weighted by Crippen LogP contribution is 2.15. The van der Waals surface area contributed by atoms with Gasteiger partial charge in [-0.3, -0.25) is 4.79 Å². The van der Waals surface area contributed by atoms with E-state index < -0.39 is 6.04 Å². The van der Waals surface area contributed by atoms with E-state index in [4.69, 9.17) is 4.74 Å². The van der Waals surface area contributed by atoms with E-state index in [9.17, 15) is 9.59 Å². The zero-order valence-corrected chi connectivity index (χ0v) is 13.0. The molecule has 1 aliphatic rings. The first kappa shape index (κ1) is 16.3. The Morgan fingerprint density at radius 3 is 2.82 bits per heavy atom. The maximum Gasteiger partial charge on any atom is 0.318 e. The van der Waals surface area contributed by atoms with E-state index in [0.717, 1.165) is 5.56 Å². The molecular formula is C16H23N3O3. The molecule has 6 nitrogen and oxygen atoms in total. The van der Waals surface area contributed by atoms with Crippen molar-refractivity contribution < 1.29 is 14.3 Å². The fourth-order valence-corrected chi connectivity index (χ4v) is 2.65. The predicted molar refractivity (Wildman–Crippen MR) is 83.4 cm³/mol. The van der Waals surface area contributed by atoms with Crippen molar-refractivity contribution in [1.29, 1.82) is 0 Å². The monoisotopic (exact) mass is 305 g/mol. The molecule has 2 N–H and O–H groups in total. The Labute approximate surface area is 130 Å². The Balaban J connectivity index is 1.95. The van der Waals surface area contributed by atoms with Crippen molar-refractivity contribution in [3.8, 4) is 0 Å². The van der Waals surface area contributed by atoms with E-state index in [2.05, 4.69) is 10.6 Å². The van der Waals surface area contributed by atoms with Crippen LogP contribution < -0.4 is 10.6 Å². The number of urea groups is 1. The molecule has 3 amide bonds. The Kier molecular flexibility index (Phi) is 5.77. The van der Waals surface area contributed by atoms with Gasteiger partial charge in [-0.15, -0.1) is 0 Å². The molecule has 0 aliphatic carbocycles. The number of rotatable bonds is 5. The summed E-state index contributed by atoms with van der Waals surface area (Å²) in [5.74, 6) is -0.0877. The van der Waals surface area contributed by atoms with E-state index in [1.807, 2.05) is 37.3 Å². The third-order valence-electron chi connectivity index (χ3n) is 3.87. The zero-order valence-electron chi connectivity index (χ0n) is 13.0. The summed E-state index contributed by atoms with van der Waals surface area (Å²) >= 11 is 0. The molecule has 6 heteroatoms. The van der Waals surface area contributed by atoms with Crippen LogP contribution in [0.3, 0.4) is 0 Å². The van der Waals surface area contributed by atoms with Gasteiger partial charge in [0.05, 0.1) is 6.10 Å². The van der Waals surface area contributed by atoms with Crippen molar-refractivity contribution in [3.05, 3.63) is 35.9 Å². The van der Waals surface area contributed by atoms with Gasteiger partial charge in [0.25, 0.3) is 0 Å². The summed E-state index contributed by atoms with van der Waals surface area (Å²) in [5, 5.41) is 5.65. The number of benzene rings is 1. The predicted octanol–water partition coefficient (Wildman–Crippen LogP) is 1.29. The van der Waals surface area contributed by atoms with Gasteiger partial charge in [-0.2, -0.15) is 0 Å². The van der Waals surface area contributed by atoms with Crippen LogP contribution in [0.4, 0.5) is 4.79 Å². The van der Waals surface area contributed by atoms with Crippen LogP contribution in [-0.4, -0.2) is 49.6 Å². The Morgan fingerprint density at radius 1 is 1.45 bits per heavy atom. The number of nitrogens with one attached hydrogen (secondary N) is 2. The van der Waals surface area contributed by atoms with Crippen LogP contribution in [0.2, 0.25) is 0 Å². The summed E-state index contributed by atoms with van der Waals surface area (Å²) in [6.07, 6.45) is 0.398. The number of hydrogen-bond acceptors (Lipinski definition) is 3. The van der Waals surface area contributed by atoms with Gasteiger partial charge in [0.1, 0.15) is 6.04 Å². The fraction of sp³-hybridized carbons (Fsp3) is 0.500. The molecule has 0 bridgehead atoms. The van der Waals surface area contributed by atoms with Crippen molar-refractivity contribution in [2.45, 2.75) is 25.5 Å². The molecule has 1 heterocycles. The first-order chi connectivity index (χ1) is 10.7. The van der Waals surface area contributed by atoms with Gasteiger partial charge in [-0.05, 0) is 12.0 Å². The van der Waals surface area contributed by atoms with E-state index in [1.54, 1.807) is 12.0 Å². The van der Waals surface area contributed by atoms with E-state index in [-0.39, 0.29) is 18.0 Å². The Morgan fingerprint density at radius 2 is 2.18 bits per heavy atom. The molecule has 1 aromatic carbocycles. The van der Waals surface area contributed by atoms with Gasteiger partial charge in [0.2, 0.25) is 5.91 Å². The average Bonchev–Trinajstić information content (AvgIpc) is 2.56. The second-order valence-corrected chi connectivity index (χ2v) is 5.23. The maximum atomic E-state index is 12.3. The fourth-order valence-electron chi connectivity index (χ4n) is 2.65. The number of methoxy groups -OCH3 is 1. The van der Waals surface area contributed by atoms with Gasteiger partial charge >= 0.3 is 6.03 Å². The van der Waals surface area contributed by atoms with Crippen LogP contribution in [0.15, 0.2) is 30.3 Å². The van der Waals surface area contributed by atoms with Crippen molar-refractivity contribution in [2.24, 2.45) is 0 Å². The molecule has 2 atom stereocenters.